The molecular formula is C15H28ClN5S. The number of nitrogen functional groups attached to an aromatic ring is 1. The SMILES string of the molecule is CC1CN(Cc2cnc(N)s2)CCC1N1CCN(C)CC1.Cl. The van der Waals surface area contributed by atoms with Crippen molar-refractivity contribution in [3.63, 3.8) is 0 Å². The molecule has 0 saturated carbocycles. The highest BCUT2D eigenvalue weighted by Gasteiger charge is 2.31. The van der Waals surface area contributed by atoms with E-state index in [0.717, 1.165) is 18.5 Å². The predicted octanol–water partition coefficient (Wildman–Crippen LogP) is 1.60. The molecule has 2 fully saturated rings. The second-order valence-corrected chi connectivity index (χ2v) is 7.72. The number of halogens is 1. The number of hydrogen-bond donors (Lipinski definition) is 1. The van der Waals surface area contributed by atoms with Gasteiger partial charge in [0.25, 0.3) is 0 Å². The molecule has 0 amide bonds. The van der Waals surface area contributed by atoms with E-state index >= 15 is 0 Å². The van der Waals surface area contributed by atoms with Crippen molar-refractivity contribution in [1.82, 2.24) is 19.7 Å². The fraction of sp³-hybridized carbons (Fsp3) is 0.800. The van der Waals surface area contributed by atoms with E-state index in [2.05, 4.69) is 33.7 Å². The Bertz CT molecular complexity index is 461. The molecule has 0 aliphatic carbocycles. The molecule has 126 valence electrons. The predicted molar refractivity (Wildman–Crippen MR) is 95.7 cm³/mol. The Morgan fingerprint density at radius 1 is 1.27 bits per heavy atom. The third kappa shape index (κ3) is 4.32. The van der Waals surface area contributed by atoms with Gasteiger partial charge >= 0.3 is 0 Å². The van der Waals surface area contributed by atoms with Gasteiger partial charge in [0.15, 0.2) is 5.13 Å². The van der Waals surface area contributed by atoms with Gasteiger partial charge in [0.1, 0.15) is 0 Å². The minimum absolute atomic E-state index is 0. The van der Waals surface area contributed by atoms with E-state index in [9.17, 15) is 0 Å². The van der Waals surface area contributed by atoms with Crippen LogP contribution in [0, 0.1) is 5.92 Å². The normalized spacial score (nSPS) is 28.5. The van der Waals surface area contributed by atoms with E-state index in [0.29, 0.717) is 5.13 Å². The molecule has 2 aliphatic rings. The molecule has 0 radical (unpaired) electrons. The Labute approximate surface area is 143 Å². The number of thiazole rings is 1. The summed E-state index contributed by atoms with van der Waals surface area (Å²) in [7, 11) is 2.23. The molecule has 2 N–H and O–H groups in total. The van der Waals surface area contributed by atoms with Crippen LogP contribution in [-0.4, -0.2) is 72.0 Å². The van der Waals surface area contributed by atoms with Crippen LogP contribution in [0.4, 0.5) is 5.13 Å². The third-order valence-corrected chi connectivity index (χ3v) is 5.71. The summed E-state index contributed by atoms with van der Waals surface area (Å²) in [6, 6.07) is 0.765. The molecule has 0 bridgehead atoms. The van der Waals surface area contributed by atoms with Crippen LogP contribution in [0.2, 0.25) is 0 Å². The van der Waals surface area contributed by atoms with Gasteiger partial charge in [-0.05, 0) is 19.4 Å². The van der Waals surface area contributed by atoms with Crippen molar-refractivity contribution in [3.05, 3.63) is 11.1 Å². The van der Waals surface area contributed by atoms with Crippen molar-refractivity contribution in [2.75, 3.05) is 52.0 Å². The van der Waals surface area contributed by atoms with Crippen molar-refractivity contribution < 1.29 is 0 Å². The van der Waals surface area contributed by atoms with Crippen LogP contribution in [0.5, 0.6) is 0 Å². The van der Waals surface area contributed by atoms with Crippen molar-refractivity contribution in [3.8, 4) is 0 Å². The lowest BCUT2D eigenvalue weighted by molar-refractivity contribution is 0.0328. The number of hydrogen-bond acceptors (Lipinski definition) is 6. The molecule has 7 heteroatoms. The van der Waals surface area contributed by atoms with Gasteiger partial charge in [0.05, 0.1) is 0 Å². The fourth-order valence-corrected chi connectivity index (χ4v) is 4.40. The number of rotatable bonds is 3. The first-order valence-corrected chi connectivity index (χ1v) is 8.78. The molecule has 1 aromatic rings. The van der Waals surface area contributed by atoms with Crippen LogP contribution >= 0.6 is 23.7 Å². The van der Waals surface area contributed by atoms with Crippen LogP contribution in [0.15, 0.2) is 6.20 Å². The van der Waals surface area contributed by atoms with Crippen LogP contribution in [0.3, 0.4) is 0 Å². The lowest BCUT2D eigenvalue weighted by atomic mass is 9.92. The molecule has 2 unspecified atom stereocenters. The van der Waals surface area contributed by atoms with Crippen LogP contribution in [-0.2, 0) is 6.54 Å². The number of likely N-dealkylation sites (tertiary alicyclic amines) is 1. The maximum atomic E-state index is 5.72. The molecule has 5 nitrogen and oxygen atoms in total. The van der Waals surface area contributed by atoms with Gasteiger partial charge in [-0.1, -0.05) is 6.92 Å². The van der Waals surface area contributed by atoms with Gasteiger partial charge in [0, 0.05) is 62.9 Å². The maximum absolute atomic E-state index is 5.72. The zero-order valence-corrected chi connectivity index (χ0v) is 15.2. The summed E-state index contributed by atoms with van der Waals surface area (Å²) in [5.74, 6) is 0.743. The van der Waals surface area contributed by atoms with Gasteiger partial charge in [-0.2, -0.15) is 0 Å². The van der Waals surface area contributed by atoms with Crippen molar-refractivity contribution in [2.45, 2.75) is 25.9 Å². The van der Waals surface area contributed by atoms with Gasteiger partial charge in [0.2, 0.25) is 0 Å². The number of anilines is 1. The summed E-state index contributed by atoms with van der Waals surface area (Å²) in [5, 5.41) is 0.686. The molecule has 2 atom stereocenters. The van der Waals surface area contributed by atoms with Gasteiger partial charge in [-0.15, -0.1) is 23.7 Å². The van der Waals surface area contributed by atoms with Gasteiger partial charge in [-0.25, -0.2) is 4.98 Å². The standard InChI is InChI=1S/C15H27N5S.ClH/c1-12-10-19(11-13-9-17-15(16)21-13)4-3-14(12)20-7-5-18(2)6-8-20;/h9,12,14H,3-8,10-11H2,1-2H3,(H2,16,17);1H. The third-order valence-electron chi connectivity index (χ3n) is 4.90. The number of piperidine rings is 1. The summed E-state index contributed by atoms with van der Waals surface area (Å²) in [6.45, 7) is 10.7. The highest BCUT2D eigenvalue weighted by Crippen LogP contribution is 2.25. The number of piperazine rings is 1. The zero-order chi connectivity index (χ0) is 14.8. The fourth-order valence-electron chi connectivity index (χ4n) is 3.68. The highest BCUT2D eigenvalue weighted by atomic mass is 35.5. The number of nitrogens with zero attached hydrogens (tertiary/aromatic N) is 4. The second kappa shape index (κ2) is 7.93. The first kappa shape index (κ1) is 17.9. The van der Waals surface area contributed by atoms with Crippen LogP contribution < -0.4 is 5.73 Å². The van der Waals surface area contributed by atoms with Gasteiger partial charge in [-0.3, -0.25) is 9.80 Å². The van der Waals surface area contributed by atoms with Crippen molar-refractivity contribution in [2.24, 2.45) is 5.92 Å². The number of likely N-dealkylation sites (N-methyl/N-ethyl adjacent to an activating group) is 1. The minimum atomic E-state index is 0. The Morgan fingerprint density at radius 2 is 2.00 bits per heavy atom. The highest BCUT2D eigenvalue weighted by molar-refractivity contribution is 7.15. The minimum Gasteiger partial charge on any atom is -0.375 e. The average Bonchev–Trinajstić information content (AvgIpc) is 2.86. The molecule has 1 aromatic heterocycles. The molecule has 22 heavy (non-hydrogen) atoms. The largest absolute Gasteiger partial charge is 0.375 e. The van der Waals surface area contributed by atoms with E-state index in [4.69, 9.17) is 5.73 Å². The molecule has 2 aliphatic heterocycles. The number of nitrogens with two attached hydrogens (primary N) is 1. The molecule has 0 aromatic carbocycles. The molecule has 3 heterocycles. The Kier molecular flexibility index (Phi) is 6.46. The first-order valence-electron chi connectivity index (χ1n) is 7.97. The van der Waals surface area contributed by atoms with E-state index in [-0.39, 0.29) is 12.4 Å². The Hall–Kier alpha value is -0.400. The summed E-state index contributed by atoms with van der Waals surface area (Å²) < 4.78 is 0. The first-order chi connectivity index (χ1) is 10.1. The second-order valence-electron chi connectivity index (χ2n) is 6.57. The van der Waals surface area contributed by atoms with E-state index in [1.807, 2.05) is 6.20 Å². The van der Waals surface area contributed by atoms with E-state index in [1.165, 1.54) is 50.6 Å². The maximum Gasteiger partial charge on any atom is 0.180 e. The summed E-state index contributed by atoms with van der Waals surface area (Å²) in [6.07, 6.45) is 3.22. The molecular weight excluding hydrogens is 318 g/mol. The Morgan fingerprint density at radius 3 is 2.59 bits per heavy atom. The topological polar surface area (TPSA) is 48.6 Å². The van der Waals surface area contributed by atoms with Crippen LogP contribution in [0.25, 0.3) is 0 Å². The molecule has 2 saturated heterocycles. The van der Waals surface area contributed by atoms with E-state index in [1.54, 1.807) is 11.3 Å². The van der Waals surface area contributed by atoms with Crippen molar-refractivity contribution in [1.29, 1.82) is 0 Å². The summed E-state index contributed by atoms with van der Waals surface area (Å²) in [4.78, 5) is 13.2. The average molecular weight is 346 g/mol. The zero-order valence-electron chi connectivity index (χ0n) is 13.6. The van der Waals surface area contributed by atoms with Crippen LogP contribution in [0.1, 0.15) is 18.2 Å². The lowest BCUT2D eigenvalue weighted by Crippen LogP contribution is -2.55. The lowest BCUT2D eigenvalue weighted by Gasteiger charge is -2.45. The van der Waals surface area contributed by atoms with Gasteiger partial charge < -0.3 is 10.6 Å². The monoisotopic (exact) mass is 345 g/mol. The summed E-state index contributed by atoms with van der Waals surface area (Å²) >= 11 is 1.62. The molecule has 0 spiro atoms. The summed E-state index contributed by atoms with van der Waals surface area (Å²) in [5.41, 5.74) is 5.72. The Balaban J connectivity index is 0.00000176. The van der Waals surface area contributed by atoms with E-state index < -0.39 is 0 Å². The van der Waals surface area contributed by atoms with Crippen molar-refractivity contribution >= 4 is 28.9 Å². The quantitative estimate of drug-likeness (QED) is 0.901. The molecule has 3 rings (SSSR count). The smallest absolute Gasteiger partial charge is 0.180 e. The number of aromatic nitrogens is 1.